The van der Waals surface area contributed by atoms with Crippen LogP contribution >= 0.6 is 0 Å². The summed E-state index contributed by atoms with van der Waals surface area (Å²) in [7, 11) is 1.34. The number of carbonyl (C=O) groups is 1. The molecule has 3 rings (SSSR count). The summed E-state index contributed by atoms with van der Waals surface area (Å²) < 4.78 is 44.4. The molecule has 0 saturated carbocycles. The van der Waals surface area contributed by atoms with E-state index in [9.17, 15) is 18.0 Å². The van der Waals surface area contributed by atoms with Crippen molar-refractivity contribution in [2.24, 2.45) is 7.05 Å². The molecule has 0 aliphatic carbocycles. The standard InChI is InChI=1S/C15H17F3N4O2/c1-20-12(9-13(19-20)15(16,17)18)14(23)22-6-4-21(5-7-22)10-11-3-2-8-24-11/h2-3,8-9H,4-7,10H2,1H3. The van der Waals surface area contributed by atoms with E-state index in [1.54, 1.807) is 11.2 Å². The minimum Gasteiger partial charge on any atom is -0.468 e. The highest BCUT2D eigenvalue weighted by Crippen LogP contribution is 2.28. The van der Waals surface area contributed by atoms with E-state index < -0.39 is 17.8 Å². The second-order valence-corrected chi connectivity index (χ2v) is 5.68. The minimum absolute atomic E-state index is 0.0539. The van der Waals surface area contributed by atoms with Crippen molar-refractivity contribution in [2.75, 3.05) is 26.2 Å². The fourth-order valence-electron chi connectivity index (χ4n) is 2.70. The number of rotatable bonds is 3. The zero-order valence-electron chi connectivity index (χ0n) is 13.1. The van der Waals surface area contributed by atoms with Crippen LogP contribution in [0.15, 0.2) is 28.9 Å². The van der Waals surface area contributed by atoms with Crippen LogP contribution in [-0.4, -0.2) is 51.7 Å². The number of halogens is 3. The molecule has 3 heterocycles. The van der Waals surface area contributed by atoms with Gasteiger partial charge in [0, 0.05) is 39.3 Å². The maximum absolute atomic E-state index is 12.7. The molecule has 0 bridgehead atoms. The number of alkyl halides is 3. The van der Waals surface area contributed by atoms with Crippen LogP contribution in [0.3, 0.4) is 0 Å². The lowest BCUT2D eigenvalue weighted by molar-refractivity contribution is -0.141. The zero-order chi connectivity index (χ0) is 17.3. The Balaban J connectivity index is 1.62. The Morgan fingerprint density at radius 1 is 1.29 bits per heavy atom. The smallest absolute Gasteiger partial charge is 0.435 e. The van der Waals surface area contributed by atoms with Crippen LogP contribution in [0.25, 0.3) is 0 Å². The normalized spacial score (nSPS) is 16.6. The van der Waals surface area contributed by atoms with Gasteiger partial charge in [0.2, 0.25) is 0 Å². The summed E-state index contributed by atoms with van der Waals surface area (Å²) in [5, 5.41) is 3.38. The molecule has 2 aromatic heterocycles. The number of aryl methyl sites for hydroxylation is 1. The average molecular weight is 342 g/mol. The molecule has 130 valence electrons. The summed E-state index contributed by atoms with van der Waals surface area (Å²) in [6.45, 7) is 2.82. The lowest BCUT2D eigenvalue weighted by Crippen LogP contribution is -2.48. The molecular formula is C15H17F3N4O2. The van der Waals surface area contributed by atoms with Crippen LogP contribution in [0.1, 0.15) is 21.9 Å². The van der Waals surface area contributed by atoms with E-state index in [0.717, 1.165) is 16.5 Å². The Labute approximate surface area is 136 Å². The molecular weight excluding hydrogens is 325 g/mol. The molecule has 9 heteroatoms. The first-order chi connectivity index (χ1) is 11.3. The number of amides is 1. The first kappa shape index (κ1) is 16.6. The van der Waals surface area contributed by atoms with Gasteiger partial charge in [-0.05, 0) is 12.1 Å². The largest absolute Gasteiger partial charge is 0.468 e. The third-order valence-corrected chi connectivity index (χ3v) is 4.01. The number of aromatic nitrogens is 2. The maximum atomic E-state index is 12.7. The lowest BCUT2D eigenvalue weighted by Gasteiger charge is -2.34. The second kappa shape index (κ2) is 6.31. The Morgan fingerprint density at radius 2 is 2.00 bits per heavy atom. The highest BCUT2D eigenvalue weighted by Gasteiger charge is 2.36. The quantitative estimate of drug-likeness (QED) is 0.856. The van der Waals surface area contributed by atoms with Crippen molar-refractivity contribution >= 4 is 5.91 Å². The molecule has 0 unspecified atom stereocenters. The molecule has 0 radical (unpaired) electrons. The Kier molecular flexibility index (Phi) is 4.35. The first-order valence-corrected chi connectivity index (χ1v) is 7.50. The molecule has 6 nitrogen and oxygen atoms in total. The maximum Gasteiger partial charge on any atom is 0.435 e. The molecule has 0 N–H and O–H groups in total. The van der Waals surface area contributed by atoms with Crippen LogP contribution in [0, 0.1) is 0 Å². The van der Waals surface area contributed by atoms with Crippen molar-refractivity contribution in [3.63, 3.8) is 0 Å². The molecule has 24 heavy (non-hydrogen) atoms. The van der Waals surface area contributed by atoms with Crippen molar-refractivity contribution < 1.29 is 22.4 Å². The van der Waals surface area contributed by atoms with E-state index in [1.807, 2.05) is 12.1 Å². The summed E-state index contributed by atoms with van der Waals surface area (Å²) in [5.74, 6) is 0.411. The average Bonchev–Trinajstić information content (AvgIpc) is 3.16. The van der Waals surface area contributed by atoms with E-state index in [1.165, 1.54) is 7.05 Å². The van der Waals surface area contributed by atoms with E-state index in [0.29, 0.717) is 32.7 Å². The van der Waals surface area contributed by atoms with Crippen LogP contribution in [0.4, 0.5) is 13.2 Å². The number of hydrogen-bond acceptors (Lipinski definition) is 4. The zero-order valence-corrected chi connectivity index (χ0v) is 13.1. The van der Waals surface area contributed by atoms with Gasteiger partial charge in [0.05, 0.1) is 12.8 Å². The van der Waals surface area contributed by atoms with Gasteiger partial charge in [-0.3, -0.25) is 14.4 Å². The number of furan rings is 1. The molecule has 1 saturated heterocycles. The van der Waals surface area contributed by atoms with Crippen LogP contribution < -0.4 is 0 Å². The molecule has 2 aromatic rings. The molecule has 0 atom stereocenters. The molecule has 0 aromatic carbocycles. The van der Waals surface area contributed by atoms with Crippen molar-refractivity contribution in [1.82, 2.24) is 19.6 Å². The monoisotopic (exact) mass is 342 g/mol. The molecule has 1 aliphatic heterocycles. The number of nitrogens with zero attached hydrogens (tertiary/aromatic N) is 4. The summed E-state index contributed by atoms with van der Waals surface area (Å²) in [6, 6.07) is 4.50. The fraction of sp³-hybridized carbons (Fsp3) is 0.467. The van der Waals surface area contributed by atoms with Crippen molar-refractivity contribution in [1.29, 1.82) is 0 Å². The van der Waals surface area contributed by atoms with Gasteiger partial charge < -0.3 is 9.32 Å². The van der Waals surface area contributed by atoms with Crippen molar-refractivity contribution in [2.45, 2.75) is 12.7 Å². The van der Waals surface area contributed by atoms with Gasteiger partial charge in [0.1, 0.15) is 11.5 Å². The van der Waals surface area contributed by atoms with Gasteiger partial charge in [-0.2, -0.15) is 18.3 Å². The number of piperazine rings is 1. The molecule has 1 amide bonds. The number of carbonyl (C=O) groups excluding carboxylic acids is 1. The van der Waals surface area contributed by atoms with E-state index in [4.69, 9.17) is 4.42 Å². The van der Waals surface area contributed by atoms with E-state index in [2.05, 4.69) is 10.00 Å². The number of hydrogen-bond donors (Lipinski definition) is 0. The summed E-state index contributed by atoms with van der Waals surface area (Å²) >= 11 is 0. The van der Waals surface area contributed by atoms with E-state index in [-0.39, 0.29) is 5.69 Å². The first-order valence-electron chi connectivity index (χ1n) is 7.50. The van der Waals surface area contributed by atoms with Gasteiger partial charge in [0.15, 0.2) is 5.69 Å². The summed E-state index contributed by atoms with van der Waals surface area (Å²) in [5.41, 5.74) is -1.10. The van der Waals surface area contributed by atoms with Crippen LogP contribution in [0.2, 0.25) is 0 Å². The van der Waals surface area contributed by atoms with Gasteiger partial charge in [-0.1, -0.05) is 0 Å². The van der Waals surface area contributed by atoms with Crippen LogP contribution in [0.5, 0.6) is 0 Å². The second-order valence-electron chi connectivity index (χ2n) is 5.68. The molecule has 1 fully saturated rings. The third-order valence-electron chi connectivity index (χ3n) is 4.01. The topological polar surface area (TPSA) is 54.5 Å². The predicted octanol–water partition coefficient (Wildman–Crippen LogP) is 1.99. The van der Waals surface area contributed by atoms with Crippen molar-refractivity contribution in [3.8, 4) is 0 Å². The highest BCUT2D eigenvalue weighted by atomic mass is 19.4. The van der Waals surface area contributed by atoms with Gasteiger partial charge in [-0.15, -0.1) is 0 Å². The van der Waals surface area contributed by atoms with Crippen LogP contribution in [-0.2, 0) is 19.8 Å². The Bertz CT molecular complexity index is 701. The van der Waals surface area contributed by atoms with Gasteiger partial charge in [-0.25, -0.2) is 0 Å². The minimum atomic E-state index is -4.56. The molecule has 0 spiro atoms. The fourth-order valence-corrected chi connectivity index (χ4v) is 2.70. The van der Waals surface area contributed by atoms with Crippen molar-refractivity contribution in [3.05, 3.63) is 41.6 Å². The Morgan fingerprint density at radius 3 is 2.54 bits per heavy atom. The lowest BCUT2D eigenvalue weighted by atomic mass is 10.2. The Hall–Kier alpha value is -2.29. The SMILES string of the molecule is Cn1nc(C(F)(F)F)cc1C(=O)N1CCN(Cc2ccco2)CC1. The van der Waals surface area contributed by atoms with Gasteiger partial charge >= 0.3 is 6.18 Å². The van der Waals surface area contributed by atoms with Gasteiger partial charge in [0.25, 0.3) is 5.91 Å². The predicted molar refractivity (Wildman–Crippen MR) is 78.1 cm³/mol. The highest BCUT2D eigenvalue weighted by molar-refractivity contribution is 5.92. The summed E-state index contributed by atoms with van der Waals surface area (Å²) in [6.07, 6.45) is -2.95. The summed E-state index contributed by atoms with van der Waals surface area (Å²) in [4.78, 5) is 16.1. The van der Waals surface area contributed by atoms with E-state index >= 15 is 0 Å². The third kappa shape index (κ3) is 3.45. The molecule has 1 aliphatic rings.